The third-order valence-electron chi connectivity index (χ3n) is 4.43. The van der Waals surface area contributed by atoms with Gasteiger partial charge < -0.3 is 15.0 Å². The standard InChI is InChI=1S/C17H21N3O2S2/c21-16(15-5-4-14(24-15)13-3-1-10-22-13)18-8-6-12-11-23-17-19-7-2-9-20(12)17/h4-5,11,13H,1-3,6-10H2,(H,18,21)/t13-/m1/s1. The monoisotopic (exact) mass is 363 g/mol. The average molecular weight is 364 g/mol. The molecule has 3 aliphatic heterocycles. The van der Waals surface area contributed by atoms with E-state index < -0.39 is 0 Å². The lowest BCUT2D eigenvalue weighted by Crippen LogP contribution is -2.31. The molecule has 128 valence electrons. The summed E-state index contributed by atoms with van der Waals surface area (Å²) in [5, 5.41) is 6.32. The molecule has 1 atom stereocenters. The van der Waals surface area contributed by atoms with Crippen molar-refractivity contribution in [2.24, 2.45) is 4.99 Å². The Morgan fingerprint density at radius 1 is 1.42 bits per heavy atom. The molecule has 1 amide bonds. The highest BCUT2D eigenvalue weighted by atomic mass is 32.2. The fourth-order valence-electron chi connectivity index (χ4n) is 3.17. The Kier molecular flexibility index (Phi) is 4.91. The highest BCUT2D eigenvalue weighted by molar-refractivity contribution is 8.16. The van der Waals surface area contributed by atoms with E-state index >= 15 is 0 Å². The minimum absolute atomic E-state index is 0.0167. The first-order chi connectivity index (χ1) is 11.8. The second kappa shape index (κ2) is 7.29. The molecule has 0 radical (unpaired) electrons. The van der Waals surface area contributed by atoms with Crippen molar-refractivity contribution in [1.29, 1.82) is 0 Å². The predicted molar refractivity (Wildman–Crippen MR) is 98.5 cm³/mol. The molecule has 4 rings (SSSR count). The number of rotatable bonds is 5. The van der Waals surface area contributed by atoms with E-state index in [1.165, 1.54) is 10.6 Å². The molecular weight excluding hydrogens is 342 g/mol. The first-order valence-corrected chi connectivity index (χ1v) is 10.2. The molecule has 0 spiro atoms. The number of amides is 1. The van der Waals surface area contributed by atoms with Crippen LogP contribution >= 0.6 is 23.1 Å². The smallest absolute Gasteiger partial charge is 0.261 e. The molecule has 4 heterocycles. The number of aliphatic imine (C=N–C) groups is 1. The van der Waals surface area contributed by atoms with Crippen molar-refractivity contribution in [3.63, 3.8) is 0 Å². The number of carbonyl (C=O) groups excluding carboxylic acids is 1. The number of carbonyl (C=O) groups is 1. The number of nitrogens with one attached hydrogen (secondary N) is 1. The molecule has 1 saturated heterocycles. The van der Waals surface area contributed by atoms with Crippen LogP contribution in [0.25, 0.3) is 0 Å². The van der Waals surface area contributed by atoms with Crippen LogP contribution in [0.15, 0.2) is 28.2 Å². The maximum Gasteiger partial charge on any atom is 0.261 e. The molecule has 1 aromatic heterocycles. The number of hydrogen-bond donors (Lipinski definition) is 1. The Morgan fingerprint density at radius 3 is 3.25 bits per heavy atom. The van der Waals surface area contributed by atoms with Gasteiger partial charge in [-0.15, -0.1) is 11.3 Å². The van der Waals surface area contributed by atoms with Crippen molar-refractivity contribution in [1.82, 2.24) is 10.2 Å². The molecule has 0 unspecified atom stereocenters. The van der Waals surface area contributed by atoms with Gasteiger partial charge in [0.25, 0.3) is 5.91 Å². The number of ether oxygens (including phenoxy) is 1. The number of nitrogens with zero attached hydrogens (tertiary/aromatic N) is 2. The van der Waals surface area contributed by atoms with E-state index in [0.29, 0.717) is 6.54 Å². The van der Waals surface area contributed by atoms with Gasteiger partial charge in [0, 0.05) is 43.2 Å². The zero-order chi connectivity index (χ0) is 16.4. The van der Waals surface area contributed by atoms with Crippen LogP contribution in [0.5, 0.6) is 0 Å². The zero-order valence-corrected chi connectivity index (χ0v) is 15.1. The van der Waals surface area contributed by atoms with Gasteiger partial charge in [0.1, 0.15) is 0 Å². The summed E-state index contributed by atoms with van der Waals surface area (Å²) in [6, 6.07) is 3.94. The maximum absolute atomic E-state index is 12.3. The summed E-state index contributed by atoms with van der Waals surface area (Å²) >= 11 is 3.25. The molecule has 0 aliphatic carbocycles. The van der Waals surface area contributed by atoms with Gasteiger partial charge in [-0.05, 0) is 36.8 Å². The SMILES string of the molecule is O=C(NCCC1=CSC2=NCCCN12)c1ccc([C@H]2CCCO2)s1. The molecule has 0 saturated carbocycles. The van der Waals surface area contributed by atoms with Gasteiger partial charge in [-0.3, -0.25) is 9.79 Å². The molecule has 5 nitrogen and oxygen atoms in total. The highest BCUT2D eigenvalue weighted by Crippen LogP contribution is 2.33. The summed E-state index contributed by atoms with van der Waals surface area (Å²) in [6.07, 6.45) is 4.32. The van der Waals surface area contributed by atoms with Crippen molar-refractivity contribution in [3.05, 3.63) is 33.0 Å². The van der Waals surface area contributed by atoms with E-state index in [4.69, 9.17) is 4.74 Å². The lowest BCUT2D eigenvalue weighted by molar-refractivity contribution is 0.0958. The molecule has 0 bridgehead atoms. The predicted octanol–water partition coefficient (Wildman–Crippen LogP) is 3.37. The van der Waals surface area contributed by atoms with Crippen LogP contribution in [0.3, 0.4) is 0 Å². The lowest BCUT2D eigenvalue weighted by atomic mass is 10.2. The highest BCUT2D eigenvalue weighted by Gasteiger charge is 2.24. The Labute approximate surface area is 150 Å². The van der Waals surface area contributed by atoms with E-state index in [2.05, 4.69) is 20.6 Å². The first kappa shape index (κ1) is 16.2. The summed E-state index contributed by atoms with van der Waals surface area (Å²) in [5.41, 5.74) is 1.27. The van der Waals surface area contributed by atoms with Gasteiger partial charge in [0.05, 0.1) is 11.0 Å². The number of amidine groups is 1. The molecule has 1 N–H and O–H groups in total. The molecular formula is C17H21N3O2S2. The second-order valence-electron chi connectivity index (χ2n) is 6.11. The molecule has 1 fully saturated rings. The quantitative estimate of drug-likeness (QED) is 0.871. The largest absolute Gasteiger partial charge is 0.373 e. The summed E-state index contributed by atoms with van der Waals surface area (Å²) in [4.78, 5) is 21.1. The topological polar surface area (TPSA) is 53.9 Å². The Bertz CT molecular complexity index is 677. The van der Waals surface area contributed by atoms with Crippen molar-refractivity contribution in [3.8, 4) is 0 Å². The van der Waals surface area contributed by atoms with Gasteiger partial charge in [-0.2, -0.15) is 0 Å². The van der Waals surface area contributed by atoms with Crippen molar-refractivity contribution >= 4 is 34.2 Å². The van der Waals surface area contributed by atoms with Gasteiger partial charge in [0.15, 0.2) is 5.17 Å². The van der Waals surface area contributed by atoms with Crippen molar-refractivity contribution < 1.29 is 9.53 Å². The number of hydrogen-bond acceptors (Lipinski definition) is 6. The summed E-state index contributed by atoms with van der Waals surface area (Å²) in [7, 11) is 0. The Balaban J connectivity index is 1.28. The van der Waals surface area contributed by atoms with Crippen LogP contribution in [0.1, 0.15) is 46.3 Å². The maximum atomic E-state index is 12.3. The van der Waals surface area contributed by atoms with Crippen LogP contribution in [0.4, 0.5) is 0 Å². The second-order valence-corrected chi connectivity index (χ2v) is 8.06. The van der Waals surface area contributed by atoms with Gasteiger partial charge in [-0.25, -0.2) is 0 Å². The van der Waals surface area contributed by atoms with Gasteiger partial charge >= 0.3 is 0 Å². The molecule has 0 aromatic carbocycles. The number of thioether (sulfide) groups is 1. The molecule has 3 aliphatic rings. The molecule has 1 aromatic rings. The van der Waals surface area contributed by atoms with Gasteiger partial charge in [-0.1, -0.05) is 11.8 Å². The van der Waals surface area contributed by atoms with Crippen LogP contribution in [-0.4, -0.2) is 42.2 Å². The van der Waals surface area contributed by atoms with Crippen LogP contribution in [0, 0.1) is 0 Å². The summed E-state index contributed by atoms with van der Waals surface area (Å²) in [6.45, 7) is 3.46. The summed E-state index contributed by atoms with van der Waals surface area (Å²) < 4.78 is 5.68. The lowest BCUT2D eigenvalue weighted by Gasteiger charge is -2.25. The van der Waals surface area contributed by atoms with E-state index in [0.717, 1.165) is 55.4 Å². The van der Waals surface area contributed by atoms with Crippen molar-refractivity contribution in [2.75, 3.05) is 26.2 Å². The first-order valence-electron chi connectivity index (χ1n) is 8.48. The summed E-state index contributed by atoms with van der Waals surface area (Å²) in [5.74, 6) is 0.0167. The van der Waals surface area contributed by atoms with Crippen LogP contribution in [0.2, 0.25) is 0 Å². The van der Waals surface area contributed by atoms with Crippen LogP contribution in [-0.2, 0) is 4.74 Å². The number of fused-ring (bicyclic) bond motifs is 1. The Hall–Kier alpha value is -1.31. The minimum Gasteiger partial charge on any atom is -0.373 e. The van der Waals surface area contributed by atoms with E-state index in [-0.39, 0.29) is 12.0 Å². The fourth-order valence-corrected chi connectivity index (χ4v) is 5.17. The molecule has 24 heavy (non-hydrogen) atoms. The van der Waals surface area contributed by atoms with Gasteiger partial charge in [0.2, 0.25) is 0 Å². The fraction of sp³-hybridized carbons (Fsp3) is 0.529. The number of thiophene rings is 1. The average Bonchev–Trinajstić information content (AvgIpc) is 3.35. The van der Waals surface area contributed by atoms with E-state index in [1.807, 2.05) is 12.1 Å². The van der Waals surface area contributed by atoms with Crippen molar-refractivity contribution in [2.45, 2.75) is 31.8 Å². The van der Waals surface area contributed by atoms with Crippen LogP contribution < -0.4 is 5.32 Å². The third kappa shape index (κ3) is 3.38. The minimum atomic E-state index is 0.0167. The van der Waals surface area contributed by atoms with E-state index in [1.54, 1.807) is 23.1 Å². The Morgan fingerprint density at radius 2 is 2.38 bits per heavy atom. The zero-order valence-electron chi connectivity index (χ0n) is 13.5. The van der Waals surface area contributed by atoms with E-state index in [9.17, 15) is 4.79 Å². The third-order valence-corrected chi connectivity index (χ3v) is 6.56. The normalized spacial score (nSPS) is 23.0. The molecule has 7 heteroatoms.